The standard InChI is InChI=1S/C22H17IO5/c24-19(25)12-16-11-17(14-7-3-1-4-8-14)21(15-9-5-2-6-10-15)18(13-20(26)27)22(16)23-28/h1-11H,12-13H2,(H,24,25)(H,26,27). The van der Waals surface area contributed by atoms with Crippen LogP contribution in [-0.4, -0.2) is 22.2 Å². The fourth-order valence-corrected chi connectivity index (χ4v) is 4.62. The molecular weight excluding hydrogens is 471 g/mol. The van der Waals surface area contributed by atoms with E-state index < -0.39 is 33.1 Å². The average Bonchev–Trinajstić information content (AvgIpc) is 2.68. The van der Waals surface area contributed by atoms with Crippen LogP contribution >= 0.6 is 21.2 Å². The number of benzene rings is 3. The molecule has 0 fully saturated rings. The van der Waals surface area contributed by atoms with E-state index in [1.165, 1.54) is 0 Å². The minimum Gasteiger partial charge on any atom is -0.481 e. The van der Waals surface area contributed by atoms with Crippen molar-refractivity contribution in [3.05, 3.63) is 81.4 Å². The fourth-order valence-electron chi connectivity index (χ4n) is 3.26. The molecule has 0 amide bonds. The zero-order chi connectivity index (χ0) is 20.1. The number of rotatable bonds is 7. The van der Waals surface area contributed by atoms with Crippen molar-refractivity contribution < 1.29 is 22.9 Å². The van der Waals surface area contributed by atoms with E-state index in [1.807, 2.05) is 60.7 Å². The molecule has 0 atom stereocenters. The first kappa shape index (κ1) is 19.9. The molecule has 3 rings (SSSR count). The lowest BCUT2D eigenvalue weighted by molar-refractivity contribution is -0.137. The molecule has 0 saturated carbocycles. The van der Waals surface area contributed by atoms with Crippen LogP contribution in [0.2, 0.25) is 0 Å². The Morgan fingerprint density at radius 3 is 1.82 bits per heavy atom. The first-order valence-electron chi connectivity index (χ1n) is 8.51. The molecule has 0 heterocycles. The van der Waals surface area contributed by atoms with Crippen molar-refractivity contribution in [2.24, 2.45) is 0 Å². The van der Waals surface area contributed by atoms with Gasteiger partial charge in [0, 0.05) is 0 Å². The largest absolute Gasteiger partial charge is 0.481 e. The third-order valence-electron chi connectivity index (χ3n) is 4.33. The monoisotopic (exact) mass is 488 g/mol. The molecule has 142 valence electrons. The smallest absolute Gasteiger partial charge is 0.307 e. The van der Waals surface area contributed by atoms with Gasteiger partial charge in [-0.3, -0.25) is 12.7 Å². The van der Waals surface area contributed by atoms with Gasteiger partial charge < -0.3 is 10.2 Å². The second kappa shape index (κ2) is 8.88. The first-order valence-corrected chi connectivity index (χ1v) is 10.5. The molecule has 0 saturated heterocycles. The van der Waals surface area contributed by atoms with E-state index in [2.05, 4.69) is 0 Å². The molecule has 0 aliphatic heterocycles. The van der Waals surface area contributed by atoms with Gasteiger partial charge in [0.15, 0.2) is 21.2 Å². The maximum atomic E-state index is 12.1. The number of carboxylic acid groups (broad SMARTS) is 2. The van der Waals surface area contributed by atoms with Gasteiger partial charge in [-0.2, -0.15) is 0 Å². The summed E-state index contributed by atoms with van der Waals surface area (Å²) in [5.41, 5.74) is 3.91. The molecule has 0 spiro atoms. The van der Waals surface area contributed by atoms with Gasteiger partial charge in [0.1, 0.15) is 0 Å². The van der Waals surface area contributed by atoms with Crippen LogP contribution in [0.25, 0.3) is 22.3 Å². The Bertz CT molecular complexity index is 1030. The number of aliphatic carboxylic acids is 2. The molecule has 0 aliphatic rings. The molecule has 0 bridgehead atoms. The highest BCUT2D eigenvalue weighted by atomic mass is 127. The number of hydrogen-bond donors (Lipinski definition) is 2. The summed E-state index contributed by atoms with van der Waals surface area (Å²) < 4.78 is 12.5. The summed E-state index contributed by atoms with van der Waals surface area (Å²) >= 11 is -1.77. The second-order valence-corrected chi connectivity index (χ2v) is 7.72. The average molecular weight is 488 g/mol. The van der Waals surface area contributed by atoms with Crippen molar-refractivity contribution in [3.8, 4) is 22.3 Å². The van der Waals surface area contributed by atoms with Crippen LogP contribution in [0.5, 0.6) is 0 Å². The van der Waals surface area contributed by atoms with E-state index >= 15 is 0 Å². The maximum Gasteiger partial charge on any atom is 0.307 e. The summed E-state index contributed by atoms with van der Waals surface area (Å²) in [7, 11) is 0. The molecule has 0 aliphatic carbocycles. The van der Waals surface area contributed by atoms with E-state index in [1.54, 1.807) is 6.07 Å². The van der Waals surface area contributed by atoms with E-state index in [0.717, 1.165) is 16.7 Å². The minimum absolute atomic E-state index is 0.307. The molecule has 3 aromatic rings. The zero-order valence-corrected chi connectivity index (χ0v) is 16.9. The normalized spacial score (nSPS) is 10.6. The molecule has 5 nitrogen and oxygen atoms in total. The van der Waals surface area contributed by atoms with Crippen molar-refractivity contribution in [1.82, 2.24) is 0 Å². The van der Waals surface area contributed by atoms with Gasteiger partial charge in [0.25, 0.3) is 0 Å². The Labute approximate surface area is 172 Å². The van der Waals surface area contributed by atoms with Crippen molar-refractivity contribution >= 4 is 33.1 Å². The van der Waals surface area contributed by atoms with E-state index in [-0.39, 0.29) is 12.8 Å². The molecule has 6 heteroatoms. The highest BCUT2D eigenvalue weighted by Crippen LogP contribution is 2.40. The summed E-state index contributed by atoms with van der Waals surface area (Å²) in [6, 6.07) is 20.4. The summed E-state index contributed by atoms with van der Waals surface area (Å²) in [6.45, 7) is 0. The number of carbonyl (C=O) groups is 2. The number of carboxylic acids is 2. The third-order valence-corrected chi connectivity index (χ3v) is 6.11. The molecule has 0 radical (unpaired) electrons. The molecule has 3 aromatic carbocycles. The predicted molar refractivity (Wildman–Crippen MR) is 113 cm³/mol. The second-order valence-electron chi connectivity index (χ2n) is 6.20. The summed E-state index contributed by atoms with van der Waals surface area (Å²) in [5.74, 6) is -2.10. The number of hydrogen-bond acceptors (Lipinski definition) is 3. The topological polar surface area (TPSA) is 91.7 Å². The minimum atomic E-state index is -1.77. The Kier molecular flexibility index (Phi) is 6.30. The van der Waals surface area contributed by atoms with Gasteiger partial charge in [0.05, 0.1) is 16.4 Å². The van der Waals surface area contributed by atoms with Crippen LogP contribution in [0, 0.1) is 3.57 Å². The molecule has 2 N–H and O–H groups in total. The highest BCUT2D eigenvalue weighted by molar-refractivity contribution is 14.1. The van der Waals surface area contributed by atoms with Crippen molar-refractivity contribution in [2.75, 3.05) is 0 Å². The molecular formula is C22H17IO5. The Balaban J connectivity index is 2.43. The van der Waals surface area contributed by atoms with Crippen molar-refractivity contribution in [3.63, 3.8) is 0 Å². The van der Waals surface area contributed by atoms with Crippen molar-refractivity contribution in [2.45, 2.75) is 12.8 Å². The predicted octanol–water partition coefficient (Wildman–Crippen LogP) is 4.76. The van der Waals surface area contributed by atoms with Gasteiger partial charge in [-0.1, -0.05) is 60.7 Å². The van der Waals surface area contributed by atoms with Gasteiger partial charge in [-0.25, -0.2) is 0 Å². The quantitative estimate of drug-likeness (QED) is 0.468. The summed E-state index contributed by atoms with van der Waals surface area (Å²) in [6.07, 6.45) is -0.631. The fraction of sp³-hybridized carbons (Fsp3) is 0.0909. The van der Waals surface area contributed by atoms with E-state index in [4.69, 9.17) is 0 Å². The Morgan fingerprint density at radius 1 is 0.786 bits per heavy atom. The van der Waals surface area contributed by atoms with Crippen LogP contribution in [-0.2, 0) is 25.5 Å². The first-order chi connectivity index (χ1) is 13.5. The summed E-state index contributed by atoms with van der Waals surface area (Å²) in [5, 5.41) is 18.8. The van der Waals surface area contributed by atoms with Crippen LogP contribution in [0.15, 0.2) is 66.7 Å². The van der Waals surface area contributed by atoms with E-state index in [0.29, 0.717) is 20.3 Å². The van der Waals surface area contributed by atoms with Crippen LogP contribution < -0.4 is 0 Å². The lowest BCUT2D eigenvalue weighted by Gasteiger charge is -2.19. The highest BCUT2D eigenvalue weighted by Gasteiger charge is 2.23. The van der Waals surface area contributed by atoms with Gasteiger partial charge >= 0.3 is 11.9 Å². The lowest BCUT2D eigenvalue weighted by Crippen LogP contribution is -2.10. The zero-order valence-electron chi connectivity index (χ0n) is 14.8. The third kappa shape index (κ3) is 4.33. The van der Waals surface area contributed by atoms with Crippen LogP contribution in [0.4, 0.5) is 0 Å². The molecule has 0 aromatic heterocycles. The van der Waals surface area contributed by atoms with Crippen LogP contribution in [0.3, 0.4) is 0 Å². The van der Waals surface area contributed by atoms with Crippen LogP contribution in [0.1, 0.15) is 11.1 Å². The van der Waals surface area contributed by atoms with Gasteiger partial charge in [0.2, 0.25) is 0 Å². The Morgan fingerprint density at radius 2 is 1.32 bits per heavy atom. The number of halogens is 1. The van der Waals surface area contributed by atoms with E-state index in [9.17, 15) is 22.9 Å². The lowest BCUT2D eigenvalue weighted by atomic mass is 9.87. The van der Waals surface area contributed by atoms with Gasteiger partial charge in [-0.15, -0.1) is 0 Å². The Hall–Kier alpha value is -2.87. The summed E-state index contributed by atoms with van der Waals surface area (Å²) in [4.78, 5) is 23.0. The SMILES string of the molecule is O=Ic1c(CC(=O)O)cc(-c2ccccc2)c(-c2ccccc2)c1CC(=O)O. The molecule has 0 unspecified atom stereocenters. The molecule has 28 heavy (non-hydrogen) atoms. The maximum absolute atomic E-state index is 12.1. The van der Waals surface area contributed by atoms with Crippen molar-refractivity contribution in [1.29, 1.82) is 0 Å². The van der Waals surface area contributed by atoms with Gasteiger partial charge in [-0.05, 0) is 39.4 Å².